The van der Waals surface area contributed by atoms with Gasteiger partial charge in [-0.2, -0.15) is 0 Å². The fourth-order valence-electron chi connectivity index (χ4n) is 2.80. The van der Waals surface area contributed by atoms with Crippen LogP contribution in [0.5, 0.6) is 0 Å². The summed E-state index contributed by atoms with van der Waals surface area (Å²) in [5, 5.41) is 0. The van der Waals surface area contributed by atoms with Crippen LogP contribution in [0.15, 0.2) is 18.5 Å². The van der Waals surface area contributed by atoms with Crippen molar-refractivity contribution in [3.8, 4) is 0 Å². The number of hydrogen-bond acceptors (Lipinski definition) is 2. The van der Waals surface area contributed by atoms with E-state index in [2.05, 4.69) is 24.9 Å². The number of aryl methyl sites for hydroxylation is 1. The number of hydrogen-bond donors (Lipinski definition) is 1. The van der Waals surface area contributed by atoms with Gasteiger partial charge in [-0.15, -0.1) is 0 Å². The Hall–Kier alpha value is -0.890. The molecule has 1 unspecified atom stereocenters. The summed E-state index contributed by atoms with van der Waals surface area (Å²) in [6.07, 6.45) is 18.7. The Kier molecular flexibility index (Phi) is 10.1. The summed E-state index contributed by atoms with van der Waals surface area (Å²) in [7, 11) is 0. The van der Waals surface area contributed by atoms with Gasteiger partial charge in [-0.25, -0.2) is 0 Å². The van der Waals surface area contributed by atoms with E-state index in [9.17, 15) is 0 Å². The third-order valence-corrected chi connectivity index (χ3v) is 4.19. The largest absolute Gasteiger partial charge is 0.324 e. The molecule has 0 amide bonds. The van der Waals surface area contributed by atoms with Crippen LogP contribution in [-0.2, 0) is 0 Å². The van der Waals surface area contributed by atoms with E-state index in [1.54, 1.807) is 0 Å². The first-order chi connectivity index (χ1) is 10.2. The molecule has 0 radical (unpaired) electrons. The molecular weight excluding hydrogens is 256 g/mol. The topological polar surface area (TPSA) is 38.9 Å². The van der Waals surface area contributed by atoms with Crippen molar-refractivity contribution in [2.45, 2.75) is 90.5 Å². The lowest BCUT2D eigenvalue weighted by atomic mass is 10.0. The Morgan fingerprint density at radius 3 is 2.05 bits per heavy atom. The van der Waals surface area contributed by atoms with Gasteiger partial charge in [0.05, 0.1) is 0 Å². The molecule has 0 aliphatic rings. The van der Waals surface area contributed by atoms with Crippen LogP contribution in [0, 0.1) is 6.92 Å². The number of aromatic nitrogens is 1. The van der Waals surface area contributed by atoms with Gasteiger partial charge in [0.1, 0.15) is 0 Å². The van der Waals surface area contributed by atoms with Crippen molar-refractivity contribution >= 4 is 0 Å². The van der Waals surface area contributed by atoms with Crippen LogP contribution in [0.4, 0.5) is 0 Å². The quantitative estimate of drug-likeness (QED) is 0.501. The second kappa shape index (κ2) is 11.7. The average Bonchev–Trinajstić information content (AvgIpc) is 2.49. The lowest BCUT2D eigenvalue weighted by Crippen LogP contribution is -2.10. The first-order valence-corrected chi connectivity index (χ1v) is 8.91. The minimum absolute atomic E-state index is 0.159. The molecule has 0 fully saturated rings. The van der Waals surface area contributed by atoms with Crippen LogP contribution < -0.4 is 5.73 Å². The highest BCUT2D eigenvalue weighted by molar-refractivity contribution is 5.19. The molecule has 2 heteroatoms. The van der Waals surface area contributed by atoms with Gasteiger partial charge < -0.3 is 5.73 Å². The van der Waals surface area contributed by atoms with Crippen LogP contribution in [0.3, 0.4) is 0 Å². The molecule has 120 valence electrons. The molecule has 2 N–H and O–H groups in total. The van der Waals surface area contributed by atoms with Crippen molar-refractivity contribution in [1.82, 2.24) is 4.98 Å². The Labute approximate surface area is 131 Å². The van der Waals surface area contributed by atoms with E-state index in [1.165, 1.54) is 75.3 Å². The SMILES string of the molecule is CCCCCCCCCCCCC(N)c1cncc(C)c1. The molecule has 1 aromatic heterocycles. The van der Waals surface area contributed by atoms with Gasteiger partial charge in [0, 0.05) is 18.4 Å². The van der Waals surface area contributed by atoms with Gasteiger partial charge in [-0.3, -0.25) is 4.98 Å². The molecule has 1 heterocycles. The molecule has 0 saturated heterocycles. The molecule has 0 aromatic carbocycles. The molecule has 2 nitrogen and oxygen atoms in total. The average molecular weight is 290 g/mol. The maximum absolute atomic E-state index is 6.23. The van der Waals surface area contributed by atoms with Crippen LogP contribution in [0.2, 0.25) is 0 Å². The fraction of sp³-hybridized carbons (Fsp3) is 0.737. The van der Waals surface area contributed by atoms with Crippen molar-refractivity contribution in [1.29, 1.82) is 0 Å². The maximum atomic E-state index is 6.23. The predicted molar refractivity (Wildman–Crippen MR) is 92.4 cm³/mol. The monoisotopic (exact) mass is 290 g/mol. The number of unbranched alkanes of at least 4 members (excludes halogenated alkanes) is 9. The molecule has 1 atom stereocenters. The van der Waals surface area contributed by atoms with Crippen molar-refractivity contribution < 1.29 is 0 Å². The summed E-state index contributed by atoms with van der Waals surface area (Å²) in [5.41, 5.74) is 8.62. The van der Waals surface area contributed by atoms with Gasteiger partial charge in [0.25, 0.3) is 0 Å². The first kappa shape index (κ1) is 18.2. The van der Waals surface area contributed by atoms with E-state index in [4.69, 9.17) is 5.73 Å². The van der Waals surface area contributed by atoms with Gasteiger partial charge >= 0.3 is 0 Å². The van der Waals surface area contributed by atoms with Gasteiger partial charge in [-0.05, 0) is 24.5 Å². The van der Waals surface area contributed by atoms with E-state index in [0.29, 0.717) is 0 Å². The molecule has 1 rings (SSSR count). The summed E-state index contributed by atoms with van der Waals surface area (Å²) in [5.74, 6) is 0. The predicted octanol–water partition coefficient (Wildman–Crippen LogP) is 5.70. The zero-order valence-corrected chi connectivity index (χ0v) is 14.1. The summed E-state index contributed by atoms with van der Waals surface area (Å²) >= 11 is 0. The lowest BCUT2D eigenvalue weighted by Gasteiger charge is -2.12. The highest BCUT2D eigenvalue weighted by Crippen LogP contribution is 2.18. The number of pyridine rings is 1. The van der Waals surface area contributed by atoms with Crippen molar-refractivity contribution in [3.63, 3.8) is 0 Å². The Bertz CT molecular complexity index is 362. The Morgan fingerprint density at radius 1 is 0.905 bits per heavy atom. The van der Waals surface area contributed by atoms with Gasteiger partial charge in [-0.1, -0.05) is 77.2 Å². The third-order valence-electron chi connectivity index (χ3n) is 4.19. The Morgan fingerprint density at radius 2 is 1.48 bits per heavy atom. The van der Waals surface area contributed by atoms with E-state index < -0.39 is 0 Å². The van der Waals surface area contributed by atoms with Crippen molar-refractivity contribution in [2.75, 3.05) is 0 Å². The van der Waals surface area contributed by atoms with Crippen LogP contribution in [0.1, 0.15) is 94.7 Å². The summed E-state index contributed by atoms with van der Waals surface area (Å²) in [6.45, 7) is 4.35. The number of nitrogens with two attached hydrogens (primary N) is 1. The highest BCUT2D eigenvalue weighted by atomic mass is 14.7. The molecule has 0 bridgehead atoms. The molecular formula is C19H34N2. The molecule has 0 aliphatic heterocycles. The zero-order valence-electron chi connectivity index (χ0n) is 14.1. The lowest BCUT2D eigenvalue weighted by molar-refractivity contribution is 0.528. The number of rotatable bonds is 12. The summed E-state index contributed by atoms with van der Waals surface area (Å²) in [4.78, 5) is 4.22. The molecule has 0 saturated carbocycles. The first-order valence-electron chi connectivity index (χ1n) is 8.91. The standard InChI is InChI=1S/C19H34N2/c1-3-4-5-6-7-8-9-10-11-12-13-19(20)18-14-17(2)15-21-16-18/h14-16,19H,3-13,20H2,1-2H3. The van der Waals surface area contributed by atoms with E-state index in [-0.39, 0.29) is 6.04 Å². The third kappa shape index (κ3) is 8.87. The van der Waals surface area contributed by atoms with Crippen molar-refractivity contribution in [3.05, 3.63) is 29.6 Å². The molecule has 0 aliphatic carbocycles. The zero-order chi connectivity index (χ0) is 15.3. The molecule has 1 aromatic rings. The van der Waals surface area contributed by atoms with Crippen LogP contribution >= 0.6 is 0 Å². The van der Waals surface area contributed by atoms with E-state index in [0.717, 1.165) is 6.42 Å². The smallest absolute Gasteiger partial charge is 0.0315 e. The van der Waals surface area contributed by atoms with E-state index >= 15 is 0 Å². The normalized spacial score (nSPS) is 12.5. The fourth-order valence-corrected chi connectivity index (χ4v) is 2.80. The second-order valence-corrected chi connectivity index (χ2v) is 6.37. The maximum Gasteiger partial charge on any atom is 0.0315 e. The molecule has 21 heavy (non-hydrogen) atoms. The Balaban J connectivity index is 1.96. The highest BCUT2D eigenvalue weighted by Gasteiger charge is 2.06. The number of nitrogens with zero attached hydrogens (tertiary/aromatic N) is 1. The van der Waals surface area contributed by atoms with Crippen molar-refractivity contribution in [2.24, 2.45) is 5.73 Å². The summed E-state index contributed by atoms with van der Waals surface area (Å²) in [6, 6.07) is 2.32. The minimum atomic E-state index is 0.159. The van der Waals surface area contributed by atoms with Crippen LogP contribution in [-0.4, -0.2) is 4.98 Å². The second-order valence-electron chi connectivity index (χ2n) is 6.37. The van der Waals surface area contributed by atoms with Crippen LogP contribution in [0.25, 0.3) is 0 Å². The van der Waals surface area contributed by atoms with E-state index in [1.807, 2.05) is 12.4 Å². The summed E-state index contributed by atoms with van der Waals surface area (Å²) < 4.78 is 0. The minimum Gasteiger partial charge on any atom is -0.324 e. The molecule has 0 spiro atoms. The van der Waals surface area contributed by atoms with Gasteiger partial charge in [0.2, 0.25) is 0 Å². The van der Waals surface area contributed by atoms with Gasteiger partial charge in [0.15, 0.2) is 0 Å².